The van der Waals surface area contributed by atoms with E-state index in [1.165, 1.54) is 4.88 Å². The Balaban J connectivity index is 1.55. The number of carbonyl (C=O) groups is 1. The van der Waals surface area contributed by atoms with E-state index in [-0.39, 0.29) is 12.1 Å². The number of nitrogens with zero attached hydrogens (tertiary/aromatic N) is 3. The lowest BCUT2D eigenvalue weighted by molar-refractivity contribution is 0.232. The van der Waals surface area contributed by atoms with Crippen molar-refractivity contribution in [3.05, 3.63) is 34.0 Å². The van der Waals surface area contributed by atoms with E-state index in [1.54, 1.807) is 11.3 Å². The van der Waals surface area contributed by atoms with Crippen LogP contribution in [-0.4, -0.2) is 27.3 Å². The molecule has 0 saturated carbocycles. The average Bonchev–Trinajstić information content (AvgIpc) is 3.22. The molecule has 3 rings (SSSR count). The lowest BCUT2D eigenvalue weighted by Crippen LogP contribution is -2.41. The van der Waals surface area contributed by atoms with Crippen LogP contribution in [0.5, 0.6) is 0 Å². The molecule has 0 aromatic carbocycles. The Morgan fingerprint density at radius 1 is 1.57 bits per heavy atom. The second kappa shape index (κ2) is 7.12. The Morgan fingerprint density at radius 3 is 3.17 bits per heavy atom. The number of urea groups is 1. The molecule has 6 nitrogen and oxygen atoms in total. The predicted molar refractivity (Wildman–Crippen MR) is 90.6 cm³/mol. The highest BCUT2D eigenvalue weighted by atomic mass is 32.1. The predicted octanol–water partition coefficient (Wildman–Crippen LogP) is 2.84. The first-order chi connectivity index (χ1) is 11.2. The molecule has 23 heavy (non-hydrogen) atoms. The third-order valence-corrected chi connectivity index (χ3v) is 5.24. The van der Waals surface area contributed by atoms with Gasteiger partial charge in [0, 0.05) is 30.3 Å². The largest absolute Gasteiger partial charge is 0.338 e. The molecule has 0 radical (unpaired) electrons. The van der Waals surface area contributed by atoms with E-state index in [0.29, 0.717) is 12.5 Å². The van der Waals surface area contributed by atoms with Crippen molar-refractivity contribution < 1.29 is 4.79 Å². The number of aryl methyl sites for hydroxylation is 2. The number of hydrogen-bond donors (Lipinski definition) is 2. The molecule has 0 unspecified atom stereocenters. The molecule has 3 heterocycles. The van der Waals surface area contributed by atoms with Crippen molar-refractivity contribution in [3.8, 4) is 0 Å². The van der Waals surface area contributed by atoms with Gasteiger partial charge in [-0.1, -0.05) is 19.9 Å². The Bertz CT molecular complexity index is 651. The molecular weight excluding hydrogens is 310 g/mol. The number of fused-ring (bicyclic) bond motifs is 1. The summed E-state index contributed by atoms with van der Waals surface area (Å²) in [5.74, 6) is 2.05. The smallest absolute Gasteiger partial charge is 0.315 e. The van der Waals surface area contributed by atoms with E-state index in [0.717, 1.165) is 37.5 Å². The van der Waals surface area contributed by atoms with Gasteiger partial charge in [-0.25, -0.2) is 14.5 Å². The number of hydrogen-bond acceptors (Lipinski definition) is 4. The number of rotatable bonds is 5. The van der Waals surface area contributed by atoms with Crippen LogP contribution < -0.4 is 10.6 Å². The molecule has 1 aliphatic rings. The molecular formula is C16H23N5OS. The SMILES string of the molecule is CCc1nc2n(n1)CCC[C@H]2NC(=O)NC[C@H](C)c1cccs1. The molecule has 1 aliphatic heterocycles. The topological polar surface area (TPSA) is 71.8 Å². The molecule has 2 aromatic heterocycles. The Hall–Kier alpha value is -1.89. The first-order valence-electron chi connectivity index (χ1n) is 8.18. The number of carbonyl (C=O) groups excluding carboxylic acids is 1. The summed E-state index contributed by atoms with van der Waals surface area (Å²) in [6, 6.07) is 3.96. The van der Waals surface area contributed by atoms with Crippen LogP contribution in [0, 0.1) is 0 Å². The van der Waals surface area contributed by atoms with Crippen molar-refractivity contribution >= 4 is 17.4 Å². The summed E-state index contributed by atoms with van der Waals surface area (Å²) in [6.07, 6.45) is 2.74. The van der Waals surface area contributed by atoms with Crippen molar-refractivity contribution in [2.75, 3.05) is 6.54 Å². The lowest BCUT2D eigenvalue weighted by atomic mass is 10.1. The molecule has 2 atom stereocenters. The van der Waals surface area contributed by atoms with Gasteiger partial charge in [0.05, 0.1) is 6.04 Å². The molecule has 2 amide bonds. The molecule has 0 fully saturated rings. The van der Waals surface area contributed by atoms with E-state index in [9.17, 15) is 4.79 Å². The van der Waals surface area contributed by atoms with Gasteiger partial charge in [0.1, 0.15) is 5.82 Å². The van der Waals surface area contributed by atoms with Crippen LogP contribution in [0.1, 0.15) is 55.2 Å². The summed E-state index contributed by atoms with van der Waals surface area (Å²) >= 11 is 1.72. The summed E-state index contributed by atoms with van der Waals surface area (Å²) in [5, 5.41) is 12.5. The summed E-state index contributed by atoms with van der Waals surface area (Å²) in [5.41, 5.74) is 0. The van der Waals surface area contributed by atoms with Gasteiger partial charge in [0.15, 0.2) is 5.82 Å². The maximum Gasteiger partial charge on any atom is 0.315 e. The minimum atomic E-state index is -0.132. The minimum absolute atomic E-state index is 0.0476. The second-order valence-corrected chi connectivity index (χ2v) is 6.91. The fourth-order valence-electron chi connectivity index (χ4n) is 2.81. The highest BCUT2D eigenvalue weighted by molar-refractivity contribution is 7.10. The molecule has 0 bridgehead atoms. The van der Waals surface area contributed by atoms with E-state index in [4.69, 9.17) is 0 Å². The van der Waals surface area contributed by atoms with E-state index >= 15 is 0 Å². The Morgan fingerprint density at radius 2 is 2.43 bits per heavy atom. The van der Waals surface area contributed by atoms with Crippen LogP contribution in [0.2, 0.25) is 0 Å². The summed E-state index contributed by atoms with van der Waals surface area (Å²) in [4.78, 5) is 18.0. The highest BCUT2D eigenvalue weighted by Gasteiger charge is 2.25. The maximum absolute atomic E-state index is 12.2. The van der Waals surface area contributed by atoms with Crippen LogP contribution in [0.15, 0.2) is 17.5 Å². The summed E-state index contributed by atoms with van der Waals surface area (Å²) < 4.78 is 1.93. The first kappa shape index (κ1) is 16.0. The fourth-order valence-corrected chi connectivity index (χ4v) is 3.60. The van der Waals surface area contributed by atoms with Crippen LogP contribution in [0.3, 0.4) is 0 Å². The molecule has 2 N–H and O–H groups in total. The van der Waals surface area contributed by atoms with E-state index in [1.807, 2.05) is 17.7 Å². The zero-order chi connectivity index (χ0) is 16.2. The van der Waals surface area contributed by atoms with Gasteiger partial charge in [-0.3, -0.25) is 0 Å². The quantitative estimate of drug-likeness (QED) is 0.884. The Labute approximate surface area is 140 Å². The van der Waals surface area contributed by atoms with Crippen LogP contribution in [0.25, 0.3) is 0 Å². The van der Waals surface area contributed by atoms with Crippen molar-refractivity contribution in [1.29, 1.82) is 0 Å². The molecule has 7 heteroatoms. The standard InChI is InChI=1S/C16H23N5OS/c1-3-14-19-15-12(6-4-8-21(15)20-14)18-16(22)17-10-11(2)13-7-5-9-23-13/h5,7,9,11-12H,3-4,6,8,10H2,1-2H3,(H2,17,18,22)/t11-,12+/m0/s1. The maximum atomic E-state index is 12.2. The monoisotopic (exact) mass is 333 g/mol. The normalized spacial score (nSPS) is 18.3. The van der Waals surface area contributed by atoms with Crippen LogP contribution in [-0.2, 0) is 13.0 Å². The fraction of sp³-hybridized carbons (Fsp3) is 0.562. The summed E-state index contributed by atoms with van der Waals surface area (Å²) in [7, 11) is 0. The zero-order valence-corrected chi connectivity index (χ0v) is 14.4. The van der Waals surface area contributed by atoms with Crippen LogP contribution >= 0.6 is 11.3 Å². The number of amides is 2. The van der Waals surface area contributed by atoms with Gasteiger partial charge in [-0.05, 0) is 24.3 Å². The van der Waals surface area contributed by atoms with Gasteiger partial charge >= 0.3 is 6.03 Å². The second-order valence-electron chi connectivity index (χ2n) is 5.93. The molecule has 0 aliphatic carbocycles. The third kappa shape index (κ3) is 3.72. The summed E-state index contributed by atoms with van der Waals surface area (Å²) in [6.45, 7) is 5.68. The van der Waals surface area contributed by atoms with Crippen LogP contribution in [0.4, 0.5) is 4.79 Å². The number of thiophene rings is 1. The van der Waals surface area contributed by atoms with Crippen molar-refractivity contribution in [3.63, 3.8) is 0 Å². The third-order valence-electron chi connectivity index (χ3n) is 4.14. The molecule has 124 valence electrons. The van der Waals surface area contributed by atoms with Gasteiger partial charge in [0.2, 0.25) is 0 Å². The van der Waals surface area contributed by atoms with E-state index < -0.39 is 0 Å². The van der Waals surface area contributed by atoms with Gasteiger partial charge in [0.25, 0.3) is 0 Å². The molecule has 0 spiro atoms. The molecule has 0 saturated heterocycles. The molecule has 2 aromatic rings. The minimum Gasteiger partial charge on any atom is -0.338 e. The number of aromatic nitrogens is 3. The van der Waals surface area contributed by atoms with Gasteiger partial charge in [-0.2, -0.15) is 5.10 Å². The number of nitrogens with one attached hydrogen (secondary N) is 2. The zero-order valence-electron chi connectivity index (χ0n) is 13.6. The first-order valence-corrected chi connectivity index (χ1v) is 9.06. The van der Waals surface area contributed by atoms with Gasteiger partial charge in [-0.15, -0.1) is 11.3 Å². The van der Waals surface area contributed by atoms with Gasteiger partial charge < -0.3 is 10.6 Å². The van der Waals surface area contributed by atoms with Crippen molar-refractivity contribution in [1.82, 2.24) is 25.4 Å². The highest BCUT2D eigenvalue weighted by Crippen LogP contribution is 2.23. The Kier molecular flexibility index (Phi) is 4.95. The van der Waals surface area contributed by atoms with E-state index in [2.05, 4.69) is 39.1 Å². The lowest BCUT2D eigenvalue weighted by Gasteiger charge is -2.23. The average molecular weight is 333 g/mol. The van der Waals surface area contributed by atoms with Crippen molar-refractivity contribution in [2.24, 2.45) is 0 Å². The van der Waals surface area contributed by atoms with Crippen molar-refractivity contribution in [2.45, 2.75) is 51.6 Å².